The molecule has 114 valence electrons. The van der Waals surface area contributed by atoms with Crippen LogP contribution in [0.5, 0.6) is 0 Å². The van der Waals surface area contributed by atoms with E-state index in [2.05, 4.69) is 0 Å². The average Bonchev–Trinajstić information content (AvgIpc) is 2.55. The fourth-order valence-corrected chi connectivity index (χ4v) is 2.32. The molecule has 1 saturated heterocycles. The molecule has 0 radical (unpaired) electrons. The predicted octanol–water partition coefficient (Wildman–Crippen LogP) is -2.49. The van der Waals surface area contributed by atoms with Crippen molar-refractivity contribution in [2.24, 2.45) is 0 Å². The van der Waals surface area contributed by atoms with Crippen LogP contribution in [0.4, 0.5) is 5.88 Å². The van der Waals surface area contributed by atoms with Crippen molar-refractivity contribution < 1.29 is 48.6 Å². The van der Waals surface area contributed by atoms with Gasteiger partial charge in [0.2, 0.25) is 0 Å². The molecule has 1 aliphatic heterocycles. The van der Waals surface area contributed by atoms with E-state index in [1.165, 1.54) is 24.3 Å². The van der Waals surface area contributed by atoms with Gasteiger partial charge in [-0.2, -0.15) is 0 Å². The van der Waals surface area contributed by atoms with Crippen LogP contribution in [0.25, 0.3) is 11.3 Å². The molecular formula is C16H14NNaO5. The van der Waals surface area contributed by atoms with Gasteiger partial charge >= 0.3 is 29.6 Å². The zero-order valence-corrected chi connectivity index (χ0v) is 14.8. The Labute approximate surface area is 155 Å². The molecule has 0 spiro atoms. The van der Waals surface area contributed by atoms with Crippen molar-refractivity contribution in [1.29, 1.82) is 0 Å². The monoisotopic (exact) mass is 323 g/mol. The van der Waals surface area contributed by atoms with Crippen molar-refractivity contribution in [3.63, 3.8) is 0 Å². The molecule has 1 aromatic carbocycles. The molecule has 0 aliphatic carbocycles. The van der Waals surface area contributed by atoms with E-state index in [0.29, 0.717) is 43.5 Å². The zero-order valence-electron chi connectivity index (χ0n) is 12.8. The van der Waals surface area contributed by atoms with Crippen LogP contribution in [-0.4, -0.2) is 32.3 Å². The summed E-state index contributed by atoms with van der Waals surface area (Å²) in [5, 5.41) is 10.8. The number of nitrogens with zero attached hydrogens (tertiary/aromatic N) is 1. The van der Waals surface area contributed by atoms with Crippen molar-refractivity contribution in [2.75, 3.05) is 31.2 Å². The number of hydrogen-bond donors (Lipinski definition) is 0. The fourth-order valence-electron chi connectivity index (χ4n) is 2.32. The molecule has 0 bridgehead atoms. The van der Waals surface area contributed by atoms with Crippen molar-refractivity contribution in [2.45, 2.75) is 0 Å². The summed E-state index contributed by atoms with van der Waals surface area (Å²) in [6.45, 7) is 2.51. The van der Waals surface area contributed by atoms with Gasteiger partial charge in [-0.3, -0.25) is 4.79 Å². The molecule has 2 aromatic rings. The van der Waals surface area contributed by atoms with Crippen LogP contribution in [0.15, 0.2) is 45.6 Å². The summed E-state index contributed by atoms with van der Waals surface area (Å²) in [6.07, 6.45) is 0. The second-order valence-electron chi connectivity index (χ2n) is 4.96. The maximum atomic E-state index is 11.9. The Morgan fingerprint density at radius 2 is 1.74 bits per heavy atom. The third-order valence-corrected chi connectivity index (χ3v) is 3.48. The number of carbonyl (C=O) groups is 1. The van der Waals surface area contributed by atoms with Crippen LogP contribution in [-0.2, 0) is 4.74 Å². The summed E-state index contributed by atoms with van der Waals surface area (Å²) in [7, 11) is 0. The summed E-state index contributed by atoms with van der Waals surface area (Å²) in [5.74, 6) is -0.344. The van der Waals surface area contributed by atoms with Gasteiger partial charge in [0, 0.05) is 30.8 Å². The summed E-state index contributed by atoms with van der Waals surface area (Å²) in [6, 6.07) is 8.86. The van der Waals surface area contributed by atoms with Gasteiger partial charge in [-0.15, -0.1) is 0 Å². The number of carbonyl (C=O) groups excluding carboxylic acids is 1. The molecule has 3 rings (SSSR count). The number of rotatable bonds is 3. The largest absolute Gasteiger partial charge is 1.00 e. The third kappa shape index (κ3) is 4.23. The molecule has 0 unspecified atom stereocenters. The molecule has 2 heterocycles. The van der Waals surface area contributed by atoms with E-state index >= 15 is 0 Å². The maximum Gasteiger partial charge on any atom is 1.00 e. The molecule has 0 amide bonds. The van der Waals surface area contributed by atoms with E-state index in [9.17, 15) is 14.7 Å². The third-order valence-electron chi connectivity index (χ3n) is 3.48. The molecule has 0 saturated carbocycles. The molecule has 0 atom stereocenters. The van der Waals surface area contributed by atoms with E-state index in [0.717, 1.165) is 0 Å². The number of aromatic carboxylic acids is 1. The number of anilines is 1. The number of hydrogen-bond acceptors (Lipinski definition) is 6. The SMILES string of the molecule is O=C([O-])c1ccc(-c2cc(=O)cc(N3CCOCC3)o2)cc1.[Na+]. The molecule has 7 heteroatoms. The minimum absolute atomic E-state index is 0. The number of benzene rings is 1. The van der Waals surface area contributed by atoms with Crippen LogP contribution in [0.1, 0.15) is 10.4 Å². The fraction of sp³-hybridized carbons (Fsp3) is 0.250. The minimum atomic E-state index is -1.24. The molecule has 1 fully saturated rings. The van der Waals surface area contributed by atoms with Crippen LogP contribution in [0.3, 0.4) is 0 Å². The average molecular weight is 323 g/mol. The van der Waals surface area contributed by atoms with Crippen LogP contribution >= 0.6 is 0 Å². The van der Waals surface area contributed by atoms with Gasteiger partial charge in [0.05, 0.1) is 19.2 Å². The molecule has 1 aromatic heterocycles. The summed E-state index contributed by atoms with van der Waals surface area (Å²) < 4.78 is 11.1. The van der Waals surface area contributed by atoms with Crippen LogP contribution < -0.4 is 45.0 Å². The second-order valence-corrected chi connectivity index (χ2v) is 4.96. The first-order valence-corrected chi connectivity index (χ1v) is 6.93. The van der Waals surface area contributed by atoms with E-state index in [1.54, 1.807) is 12.1 Å². The normalized spacial score (nSPS) is 14.2. The zero-order chi connectivity index (χ0) is 15.5. The van der Waals surface area contributed by atoms with E-state index < -0.39 is 5.97 Å². The van der Waals surface area contributed by atoms with Gasteiger partial charge in [0.1, 0.15) is 5.76 Å². The van der Waals surface area contributed by atoms with Gasteiger partial charge in [0.15, 0.2) is 11.3 Å². The first-order valence-electron chi connectivity index (χ1n) is 6.93. The Balaban J connectivity index is 0.00000192. The Morgan fingerprint density at radius 1 is 1.09 bits per heavy atom. The first kappa shape index (κ1) is 17.7. The topological polar surface area (TPSA) is 82.8 Å². The van der Waals surface area contributed by atoms with Gasteiger partial charge in [-0.25, -0.2) is 0 Å². The second kappa shape index (κ2) is 7.79. The van der Waals surface area contributed by atoms with Crippen LogP contribution in [0, 0.1) is 0 Å². The van der Waals surface area contributed by atoms with Crippen molar-refractivity contribution in [3.8, 4) is 11.3 Å². The summed E-state index contributed by atoms with van der Waals surface area (Å²) in [4.78, 5) is 24.6. The Hall–Kier alpha value is -1.60. The standard InChI is InChI=1S/C16H15NO5.Na/c18-13-9-14(11-1-3-12(4-2-11)16(19)20)22-15(10-13)17-5-7-21-8-6-17;/h1-4,9-10H,5-8H2,(H,19,20);/q;+1/p-1. The van der Waals surface area contributed by atoms with Crippen molar-refractivity contribution >= 4 is 11.9 Å². The maximum absolute atomic E-state index is 11.9. The van der Waals surface area contributed by atoms with Crippen molar-refractivity contribution in [3.05, 3.63) is 52.2 Å². The van der Waals surface area contributed by atoms with Gasteiger partial charge in [-0.05, 0) is 5.56 Å². The molecule has 23 heavy (non-hydrogen) atoms. The smallest absolute Gasteiger partial charge is 0.545 e. The van der Waals surface area contributed by atoms with Gasteiger partial charge in [0.25, 0.3) is 0 Å². The van der Waals surface area contributed by atoms with Crippen molar-refractivity contribution in [1.82, 2.24) is 0 Å². The number of carboxylic acid groups (broad SMARTS) is 1. The predicted molar refractivity (Wildman–Crippen MR) is 77.8 cm³/mol. The Kier molecular flexibility index (Phi) is 6.01. The molecule has 0 N–H and O–H groups in total. The Morgan fingerprint density at radius 3 is 2.35 bits per heavy atom. The quantitative estimate of drug-likeness (QED) is 0.581. The Bertz CT molecular complexity index is 735. The van der Waals surface area contributed by atoms with E-state index in [1.807, 2.05) is 4.90 Å². The van der Waals surface area contributed by atoms with Crippen LogP contribution in [0.2, 0.25) is 0 Å². The van der Waals surface area contributed by atoms with E-state index in [-0.39, 0.29) is 40.5 Å². The molecule has 1 aliphatic rings. The minimum Gasteiger partial charge on any atom is -0.545 e. The molecule has 6 nitrogen and oxygen atoms in total. The summed E-state index contributed by atoms with van der Waals surface area (Å²) in [5.41, 5.74) is 0.555. The molecular weight excluding hydrogens is 309 g/mol. The number of carboxylic acids is 1. The van der Waals surface area contributed by atoms with Gasteiger partial charge < -0.3 is 24.0 Å². The summed E-state index contributed by atoms with van der Waals surface area (Å²) >= 11 is 0. The number of morpholine rings is 1. The van der Waals surface area contributed by atoms with Gasteiger partial charge in [-0.1, -0.05) is 24.3 Å². The van der Waals surface area contributed by atoms with E-state index in [4.69, 9.17) is 9.15 Å². The number of ether oxygens (including phenoxy) is 1. The first-order chi connectivity index (χ1) is 10.6.